The van der Waals surface area contributed by atoms with Gasteiger partial charge in [-0.3, -0.25) is 13.7 Å². The van der Waals surface area contributed by atoms with Crippen molar-refractivity contribution in [3.63, 3.8) is 0 Å². The number of carboxylic acid groups (broad SMARTS) is 1. The number of carbonyl (C=O) groups is 1. The van der Waals surface area contributed by atoms with Gasteiger partial charge in [-0.25, -0.2) is 0 Å². The van der Waals surface area contributed by atoms with Crippen LogP contribution in [-0.4, -0.2) is 30.8 Å². The largest absolute Gasteiger partial charge is 0.481 e. The topological polar surface area (TPSA) is 72.2 Å². The van der Waals surface area contributed by atoms with E-state index in [1.165, 1.54) is 0 Å². The van der Waals surface area contributed by atoms with E-state index in [2.05, 4.69) is 5.10 Å². The van der Waals surface area contributed by atoms with E-state index in [4.69, 9.17) is 5.11 Å². The number of hydrogen-bond donors (Lipinski definition) is 1. The molecule has 0 aliphatic heterocycles. The van der Waals surface area contributed by atoms with Gasteiger partial charge in [-0.1, -0.05) is 6.92 Å². The third-order valence-corrected chi connectivity index (χ3v) is 3.71. The number of rotatable bonds is 7. The zero-order valence-electron chi connectivity index (χ0n) is 10.2. The molecule has 17 heavy (non-hydrogen) atoms. The van der Waals surface area contributed by atoms with Crippen molar-refractivity contribution in [3.8, 4) is 0 Å². The average Bonchev–Trinajstić information content (AvgIpc) is 2.68. The van der Waals surface area contributed by atoms with Crippen LogP contribution in [0.4, 0.5) is 0 Å². The lowest BCUT2D eigenvalue weighted by molar-refractivity contribution is -0.136. The van der Waals surface area contributed by atoms with Crippen LogP contribution < -0.4 is 0 Å². The predicted octanol–water partition coefficient (Wildman–Crippen LogP) is 1.19. The van der Waals surface area contributed by atoms with Gasteiger partial charge >= 0.3 is 5.97 Å². The van der Waals surface area contributed by atoms with Crippen LogP contribution in [0.3, 0.4) is 0 Å². The van der Waals surface area contributed by atoms with Gasteiger partial charge in [-0.2, -0.15) is 5.10 Å². The summed E-state index contributed by atoms with van der Waals surface area (Å²) >= 11 is 0. The quantitative estimate of drug-likeness (QED) is 0.797. The predicted molar refractivity (Wildman–Crippen MR) is 66.2 cm³/mol. The van der Waals surface area contributed by atoms with Gasteiger partial charge in [0, 0.05) is 23.1 Å². The second-order valence-electron chi connectivity index (χ2n) is 3.73. The number of carboxylic acids is 1. The van der Waals surface area contributed by atoms with Gasteiger partial charge in [-0.15, -0.1) is 0 Å². The van der Waals surface area contributed by atoms with Gasteiger partial charge in [0.1, 0.15) is 0 Å². The Morgan fingerprint density at radius 3 is 2.76 bits per heavy atom. The molecule has 0 saturated carbocycles. The molecule has 0 aliphatic rings. The molecule has 5 nitrogen and oxygen atoms in total. The monoisotopic (exact) mass is 258 g/mol. The summed E-state index contributed by atoms with van der Waals surface area (Å²) in [6.07, 6.45) is 0.801. The lowest BCUT2D eigenvalue weighted by atomic mass is 10.3. The van der Waals surface area contributed by atoms with Gasteiger partial charge in [0.15, 0.2) is 0 Å². The first kappa shape index (κ1) is 13.9. The molecule has 0 spiro atoms. The van der Waals surface area contributed by atoms with Crippen molar-refractivity contribution in [2.75, 3.05) is 5.75 Å². The molecule has 1 unspecified atom stereocenters. The Morgan fingerprint density at radius 1 is 1.53 bits per heavy atom. The molecule has 1 aromatic rings. The number of nitrogens with zero attached hydrogens (tertiary/aromatic N) is 2. The Balaban J connectivity index is 2.63. The van der Waals surface area contributed by atoms with E-state index in [-0.39, 0.29) is 12.2 Å². The fourth-order valence-corrected chi connectivity index (χ4v) is 2.62. The molecular weight excluding hydrogens is 240 g/mol. The van der Waals surface area contributed by atoms with Crippen LogP contribution in [0.5, 0.6) is 0 Å². The van der Waals surface area contributed by atoms with Crippen molar-refractivity contribution in [2.24, 2.45) is 0 Å². The summed E-state index contributed by atoms with van der Waals surface area (Å²) in [4.78, 5) is 10.4. The van der Waals surface area contributed by atoms with E-state index >= 15 is 0 Å². The van der Waals surface area contributed by atoms with Crippen molar-refractivity contribution in [1.82, 2.24) is 9.78 Å². The minimum Gasteiger partial charge on any atom is -0.481 e. The normalized spacial score (nSPS) is 12.6. The first-order valence-corrected chi connectivity index (χ1v) is 7.18. The molecule has 0 saturated heterocycles. The highest BCUT2D eigenvalue weighted by atomic mass is 32.2. The van der Waals surface area contributed by atoms with Crippen molar-refractivity contribution in [3.05, 3.63) is 17.5 Å². The van der Waals surface area contributed by atoms with Crippen LogP contribution in [0.1, 0.15) is 31.7 Å². The Morgan fingerprint density at radius 2 is 2.24 bits per heavy atom. The standard InChI is InChI=1S/C11H18N2O3S/c1-3-9-7-10(13(4-2)12-9)8-17(16)6-5-11(14)15/h7H,3-6,8H2,1-2H3,(H,14,15). The molecule has 0 fully saturated rings. The molecular formula is C11H18N2O3S. The van der Waals surface area contributed by atoms with Crippen LogP contribution in [0.15, 0.2) is 6.07 Å². The Bertz CT molecular complexity index is 415. The number of aryl methyl sites for hydroxylation is 2. The summed E-state index contributed by atoms with van der Waals surface area (Å²) in [6.45, 7) is 4.75. The maximum Gasteiger partial charge on any atom is 0.304 e. The van der Waals surface area contributed by atoms with E-state index in [1.54, 1.807) is 0 Å². The number of hydrogen-bond acceptors (Lipinski definition) is 3. The van der Waals surface area contributed by atoms with E-state index in [0.717, 1.165) is 24.4 Å². The molecule has 0 aliphatic carbocycles. The first-order valence-electron chi connectivity index (χ1n) is 5.69. The molecule has 96 valence electrons. The van der Waals surface area contributed by atoms with Crippen LogP contribution >= 0.6 is 0 Å². The molecule has 0 amide bonds. The molecule has 0 aromatic carbocycles. The zero-order valence-corrected chi connectivity index (χ0v) is 11.0. The van der Waals surface area contributed by atoms with Crippen molar-refractivity contribution in [2.45, 2.75) is 39.0 Å². The smallest absolute Gasteiger partial charge is 0.304 e. The maximum absolute atomic E-state index is 11.7. The highest BCUT2D eigenvalue weighted by Crippen LogP contribution is 2.09. The fraction of sp³-hybridized carbons (Fsp3) is 0.636. The fourth-order valence-electron chi connectivity index (χ4n) is 1.52. The molecule has 0 bridgehead atoms. The van der Waals surface area contributed by atoms with E-state index in [0.29, 0.717) is 5.75 Å². The second kappa shape index (κ2) is 6.54. The zero-order chi connectivity index (χ0) is 12.8. The molecule has 1 N–H and O–H groups in total. The highest BCUT2D eigenvalue weighted by Gasteiger charge is 2.10. The van der Waals surface area contributed by atoms with E-state index in [1.807, 2.05) is 24.6 Å². The van der Waals surface area contributed by atoms with Gasteiger partial charge in [0.2, 0.25) is 0 Å². The van der Waals surface area contributed by atoms with Gasteiger partial charge in [0.25, 0.3) is 0 Å². The lowest BCUT2D eigenvalue weighted by Crippen LogP contribution is -2.10. The third-order valence-electron chi connectivity index (χ3n) is 2.43. The summed E-state index contributed by atoms with van der Waals surface area (Å²) in [5, 5.41) is 12.9. The summed E-state index contributed by atoms with van der Waals surface area (Å²) in [6, 6.07) is 1.95. The average molecular weight is 258 g/mol. The van der Waals surface area contributed by atoms with Crippen molar-refractivity contribution in [1.29, 1.82) is 0 Å². The van der Waals surface area contributed by atoms with Crippen LogP contribution in [0.2, 0.25) is 0 Å². The third kappa shape index (κ3) is 4.30. The summed E-state index contributed by atoms with van der Waals surface area (Å²) in [7, 11) is -1.13. The van der Waals surface area contributed by atoms with Crippen LogP contribution in [0.25, 0.3) is 0 Å². The van der Waals surface area contributed by atoms with E-state index < -0.39 is 16.8 Å². The molecule has 1 aromatic heterocycles. The first-order chi connectivity index (χ1) is 8.06. The summed E-state index contributed by atoms with van der Waals surface area (Å²) in [5.41, 5.74) is 1.91. The van der Waals surface area contributed by atoms with Crippen LogP contribution in [0, 0.1) is 0 Å². The van der Waals surface area contributed by atoms with Gasteiger partial charge in [0.05, 0.1) is 23.6 Å². The Labute approximate surface area is 103 Å². The Kier molecular flexibility index (Phi) is 5.34. The number of aliphatic carboxylic acids is 1. The molecule has 1 heterocycles. The minimum absolute atomic E-state index is 0.0481. The second-order valence-corrected chi connectivity index (χ2v) is 5.30. The maximum atomic E-state index is 11.7. The summed E-state index contributed by atoms with van der Waals surface area (Å²) in [5.74, 6) is -0.323. The number of aromatic nitrogens is 2. The highest BCUT2D eigenvalue weighted by molar-refractivity contribution is 7.84. The van der Waals surface area contributed by atoms with Gasteiger partial charge in [-0.05, 0) is 19.4 Å². The van der Waals surface area contributed by atoms with E-state index in [9.17, 15) is 9.00 Å². The summed E-state index contributed by atoms with van der Waals surface area (Å²) < 4.78 is 13.5. The Hall–Kier alpha value is -1.17. The molecule has 1 atom stereocenters. The molecule has 1 rings (SSSR count). The molecule has 6 heteroatoms. The van der Waals surface area contributed by atoms with Crippen LogP contribution in [-0.2, 0) is 34.3 Å². The molecule has 0 radical (unpaired) electrons. The van der Waals surface area contributed by atoms with Crippen molar-refractivity contribution < 1.29 is 14.1 Å². The van der Waals surface area contributed by atoms with Crippen molar-refractivity contribution >= 4 is 16.8 Å². The van der Waals surface area contributed by atoms with Gasteiger partial charge < -0.3 is 5.11 Å². The minimum atomic E-state index is -1.13. The SMILES string of the molecule is CCc1cc(CS(=O)CCC(=O)O)n(CC)n1. The lowest BCUT2D eigenvalue weighted by Gasteiger charge is -2.03.